The van der Waals surface area contributed by atoms with Gasteiger partial charge in [0.05, 0.1) is 0 Å². The maximum atomic E-state index is 13.6. The fourth-order valence-electron chi connectivity index (χ4n) is 2.18. The summed E-state index contributed by atoms with van der Waals surface area (Å²) in [5.74, 6) is 0.950. The van der Waals surface area contributed by atoms with Gasteiger partial charge in [0.25, 0.3) is 0 Å². The van der Waals surface area contributed by atoms with E-state index in [0.29, 0.717) is 22.8 Å². The maximum Gasteiger partial charge on any atom is 0.161 e. The van der Waals surface area contributed by atoms with Gasteiger partial charge in [-0.25, -0.2) is 14.4 Å². The van der Waals surface area contributed by atoms with Crippen molar-refractivity contribution in [3.63, 3.8) is 0 Å². The van der Waals surface area contributed by atoms with Crippen molar-refractivity contribution < 1.29 is 4.39 Å². The molecule has 0 aliphatic carbocycles. The zero-order valence-electron chi connectivity index (χ0n) is 11.7. The molecule has 2 rings (SSSR count). The summed E-state index contributed by atoms with van der Waals surface area (Å²) in [5, 5.41) is 0. The van der Waals surface area contributed by atoms with Crippen LogP contribution in [0.1, 0.15) is 36.6 Å². The summed E-state index contributed by atoms with van der Waals surface area (Å²) >= 11 is 0. The van der Waals surface area contributed by atoms with Crippen LogP contribution >= 0.6 is 0 Å². The molecule has 0 atom stereocenters. The van der Waals surface area contributed by atoms with E-state index in [2.05, 4.69) is 9.97 Å². The Labute approximate surface area is 112 Å². The summed E-state index contributed by atoms with van der Waals surface area (Å²) in [7, 11) is 0. The summed E-state index contributed by atoms with van der Waals surface area (Å²) in [4.78, 5) is 8.73. The predicted octanol–water partition coefficient (Wildman–Crippen LogP) is 3.61. The number of rotatable bonds is 2. The third-order valence-corrected chi connectivity index (χ3v) is 3.17. The molecular weight excluding hydrogens is 241 g/mol. The third kappa shape index (κ3) is 2.57. The first-order chi connectivity index (χ1) is 8.90. The fourth-order valence-corrected chi connectivity index (χ4v) is 2.18. The lowest BCUT2D eigenvalue weighted by Crippen LogP contribution is -2.06. The van der Waals surface area contributed by atoms with Gasteiger partial charge in [0.2, 0.25) is 0 Å². The minimum atomic E-state index is -0.259. The number of nitrogen functional groups attached to an aromatic ring is 1. The Balaban J connectivity index is 2.55. The van der Waals surface area contributed by atoms with Crippen molar-refractivity contribution >= 4 is 5.82 Å². The van der Waals surface area contributed by atoms with Crippen molar-refractivity contribution in [3.05, 3.63) is 40.8 Å². The monoisotopic (exact) mass is 259 g/mol. The summed E-state index contributed by atoms with van der Waals surface area (Å²) < 4.78 is 13.6. The van der Waals surface area contributed by atoms with E-state index in [4.69, 9.17) is 5.73 Å². The number of nitrogens with two attached hydrogens (primary N) is 1. The molecule has 1 aromatic carbocycles. The van der Waals surface area contributed by atoms with Crippen LogP contribution in [0, 0.1) is 19.7 Å². The molecule has 0 saturated carbocycles. The summed E-state index contributed by atoms with van der Waals surface area (Å²) in [6.07, 6.45) is 0. The van der Waals surface area contributed by atoms with E-state index >= 15 is 0 Å². The van der Waals surface area contributed by atoms with Crippen LogP contribution in [0.4, 0.5) is 10.2 Å². The zero-order chi connectivity index (χ0) is 14.2. The lowest BCUT2D eigenvalue weighted by atomic mass is 10.0. The summed E-state index contributed by atoms with van der Waals surface area (Å²) in [5.41, 5.74) is 9.03. The molecule has 100 valence electrons. The molecule has 2 N–H and O–H groups in total. The molecule has 19 heavy (non-hydrogen) atoms. The first-order valence-electron chi connectivity index (χ1n) is 6.30. The molecule has 4 heteroatoms. The number of nitrogens with zero attached hydrogens (tertiary/aromatic N) is 2. The summed E-state index contributed by atoms with van der Waals surface area (Å²) in [6, 6.07) is 4.97. The zero-order valence-corrected chi connectivity index (χ0v) is 11.7. The number of hydrogen-bond acceptors (Lipinski definition) is 3. The topological polar surface area (TPSA) is 51.8 Å². The van der Waals surface area contributed by atoms with Crippen LogP contribution in [0.3, 0.4) is 0 Å². The van der Waals surface area contributed by atoms with Crippen LogP contribution in [0.5, 0.6) is 0 Å². The first-order valence-corrected chi connectivity index (χ1v) is 6.30. The van der Waals surface area contributed by atoms with Crippen molar-refractivity contribution in [1.29, 1.82) is 0 Å². The third-order valence-electron chi connectivity index (χ3n) is 3.17. The van der Waals surface area contributed by atoms with E-state index in [9.17, 15) is 4.39 Å². The Morgan fingerprint density at radius 1 is 1.16 bits per heavy atom. The van der Waals surface area contributed by atoms with Crippen molar-refractivity contribution in [1.82, 2.24) is 9.97 Å². The van der Waals surface area contributed by atoms with E-state index in [1.54, 1.807) is 13.0 Å². The normalized spacial score (nSPS) is 11.1. The highest BCUT2D eigenvalue weighted by atomic mass is 19.1. The van der Waals surface area contributed by atoms with Gasteiger partial charge in [0, 0.05) is 16.8 Å². The molecule has 0 bridgehead atoms. The number of benzene rings is 1. The van der Waals surface area contributed by atoms with Gasteiger partial charge < -0.3 is 5.73 Å². The van der Waals surface area contributed by atoms with Gasteiger partial charge in [-0.3, -0.25) is 0 Å². The van der Waals surface area contributed by atoms with Crippen LogP contribution in [0.2, 0.25) is 0 Å². The molecule has 0 unspecified atom stereocenters. The molecule has 1 heterocycles. The lowest BCUT2D eigenvalue weighted by Gasteiger charge is -2.13. The highest BCUT2D eigenvalue weighted by Gasteiger charge is 2.14. The lowest BCUT2D eigenvalue weighted by molar-refractivity contribution is 0.619. The molecule has 0 amide bonds. The molecular formula is C15H18FN3. The molecule has 1 aromatic heterocycles. The van der Waals surface area contributed by atoms with Crippen LogP contribution in [0.25, 0.3) is 11.4 Å². The molecule has 0 aliphatic heterocycles. The molecule has 0 aliphatic rings. The average molecular weight is 259 g/mol. The number of anilines is 1. The largest absolute Gasteiger partial charge is 0.383 e. The highest BCUT2D eigenvalue weighted by Crippen LogP contribution is 2.26. The predicted molar refractivity (Wildman–Crippen MR) is 75.4 cm³/mol. The Hall–Kier alpha value is -1.97. The molecule has 3 nitrogen and oxygen atoms in total. The van der Waals surface area contributed by atoms with Crippen LogP contribution in [-0.4, -0.2) is 9.97 Å². The van der Waals surface area contributed by atoms with E-state index < -0.39 is 0 Å². The van der Waals surface area contributed by atoms with Crippen LogP contribution in [-0.2, 0) is 0 Å². The minimum absolute atomic E-state index is 0.259. The van der Waals surface area contributed by atoms with Crippen molar-refractivity contribution in [3.8, 4) is 11.4 Å². The second kappa shape index (κ2) is 4.96. The van der Waals surface area contributed by atoms with Gasteiger partial charge in [0.15, 0.2) is 5.82 Å². The standard InChI is InChI=1S/C15H18FN3/c1-8(2)13-10(4)18-15(19-14(13)17)11-6-5-9(3)12(16)7-11/h5-8H,1-4H3,(H2,17,18,19). The van der Waals surface area contributed by atoms with Gasteiger partial charge in [0.1, 0.15) is 11.6 Å². The van der Waals surface area contributed by atoms with Gasteiger partial charge in [-0.05, 0) is 31.4 Å². The van der Waals surface area contributed by atoms with Gasteiger partial charge in [-0.15, -0.1) is 0 Å². The molecule has 0 spiro atoms. The summed E-state index contributed by atoms with van der Waals surface area (Å²) in [6.45, 7) is 7.73. The SMILES string of the molecule is Cc1ccc(-c2nc(C)c(C(C)C)c(N)n2)cc1F. The number of aromatic nitrogens is 2. The maximum absolute atomic E-state index is 13.6. The average Bonchev–Trinajstić information content (AvgIpc) is 2.31. The Bertz CT molecular complexity index is 598. The fraction of sp³-hybridized carbons (Fsp3) is 0.333. The number of hydrogen-bond donors (Lipinski definition) is 1. The first kappa shape index (κ1) is 13.5. The second-order valence-electron chi connectivity index (χ2n) is 5.05. The highest BCUT2D eigenvalue weighted by molar-refractivity contribution is 5.59. The van der Waals surface area contributed by atoms with E-state index in [1.807, 2.05) is 26.8 Å². The van der Waals surface area contributed by atoms with Gasteiger partial charge in [-0.1, -0.05) is 26.0 Å². The van der Waals surface area contributed by atoms with Crippen molar-refractivity contribution in [2.24, 2.45) is 0 Å². The van der Waals surface area contributed by atoms with Crippen molar-refractivity contribution in [2.45, 2.75) is 33.6 Å². The van der Waals surface area contributed by atoms with Crippen molar-refractivity contribution in [2.75, 3.05) is 5.73 Å². The molecule has 2 aromatic rings. The Kier molecular flexibility index (Phi) is 3.51. The minimum Gasteiger partial charge on any atom is -0.383 e. The Morgan fingerprint density at radius 2 is 1.84 bits per heavy atom. The molecule has 0 fully saturated rings. The Morgan fingerprint density at radius 3 is 2.37 bits per heavy atom. The van der Waals surface area contributed by atoms with Crippen LogP contribution < -0.4 is 5.73 Å². The van der Waals surface area contributed by atoms with E-state index in [0.717, 1.165) is 11.3 Å². The smallest absolute Gasteiger partial charge is 0.161 e. The second-order valence-corrected chi connectivity index (χ2v) is 5.05. The molecule has 0 radical (unpaired) electrons. The van der Waals surface area contributed by atoms with Gasteiger partial charge in [-0.2, -0.15) is 0 Å². The number of aryl methyl sites for hydroxylation is 2. The van der Waals surface area contributed by atoms with E-state index in [-0.39, 0.29) is 11.7 Å². The van der Waals surface area contributed by atoms with Gasteiger partial charge >= 0.3 is 0 Å². The molecule has 0 saturated heterocycles. The number of halogens is 1. The quantitative estimate of drug-likeness (QED) is 0.896. The van der Waals surface area contributed by atoms with Crippen LogP contribution in [0.15, 0.2) is 18.2 Å². The van der Waals surface area contributed by atoms with E-state index in [1.165, 1.54) is 6.07 Å².